The van der Waals surface area contributed by atoms with Crippen LogP contribution in [0.5, 0.6) is 5.75 Å². The number of likely N-dealkylation sites (tertiary alicyclic amines) is 1. The van der Waals surface area contributed by atoms with Gasteiger partial charge in [-0.05, 0) is 92.5 Å². The van der Waals surface area contributed by atoms with E-state index in [1.54, 1.807) is 25.1 Å². The zero-order valence-corrected chi connectivity index (χ0v) is 27.2. The van der Waals surface area contributed by atoms with Gasteiger partial charge in [-0.25, -0.2) is 9.59 Å². The molecule has 3 aromatic rings. The predicted octanol–water partition coefficient (Wildman–Crippen LogP) is 6.85. The van der Waals surface area contributed by atoms with Crippen LogP contribution in [0.2, 0.25) is 10.0 Å². The third-order valence-corrected chi connectivity index (χ3v) is 11.3. The van der Waals surface area contributed by atoms with Crippen molar-refractivity contribution in [1.29, 1.82) is 0 Å². The zero-order valence-electron chi connectivity index (χ0n) is 25.7. The smallest absolute Gasteiger partial charge is 0.408 e. The van der Waals surface area contributed by atoms with Crippen LogP contribution in [0.4, 0.5) is 4.79 Å². The number of alkyl carbamates (subject to hydrolysis) is 1. The number of hydrogen-bond acceptors (Lipinski definition) is 5. The Morgan fingerprint density at radius 1 is 1.02 bits per heavy atom. The maximum atomic E-state index is 14.5. The summed E-state index contributed by atoms with van der Waals surface area (Å²) in [4.78, 5) is 45.4. The van der Waals surface area contributed by atoms with E-state index in [2.05, 4.69) is 10.3 Å². The number of carbonyl (C=O) groups excluding carboxylic acids is 2. The van der Waals surface area contributed by atoms with Gasteiger partial charge in [0.05, 0.1) is 5.02 Å². The molecule has 46 heavy (non-hydrogen) atoms. The molecule has 3 atom stereocenters. The van der Waals surface area contributed by atoms with Crippen molar-refractivity contribution >= 4 is 52.1 Å². The van der Waals surface area contributed by atoms with E-state index in [0.29, 0.717) is 34.1 Å². The molecule has 11 heteroatoms. The molecule has 244 valence electrons. The maximum absolute atomic E-state index is 14.5. The molecule has 4 aliphatic carbocycles. The average Bonchev–Trinajstić information content (AvgIpc) is 3.41. The number of benzene rings is 2. The molecular weight excluding hydrogens is 629 g/mol. The van der Waals surface area contributed by atoms with Gasteiger partial charge in [0.25, 0.3) is 0 Å². The normalized spacial score (nSPS) is 29.7. The van der Waals surface area contributed by atoms with Gasteiger partial charge in [0.15, 0.2) is 0 Å². The fourth-order valence-electron chi connectivity index (χ4n) is 8.86. The molecule has 1 saturated heterocycles. The van der Waals surface area contributed by atoms with E-state index in [-0.39, 0.29) is 25.5 Å². The van der Waals surface area contributed by atoms with Crippen LogP contribution in [0.3, 0.4) is 0 Å². The minimum atomic E-state index is -1.48. The number of ether oxygens (including phenoxy) is 2. The van der Waals surface area contributed by atoms with E-state index in [4.69, 9.17) is 32.7 Å². The first-order chi connectivity index (χ1) is 22.1. The van der Waals surface area contributed by atoms with E-state index >= 15 is 0 Å². The second kappa shape index (κ2) is 12.3. The summed E-state index contributed by atoms with van der Waals surface area (Å²) in [6, 6.07) is 11.5. The molecule has 2 heterocycles. The van der Waals surface area contributed by atoms with Crippen LogP contribution in [0.1, 0.15) is 57.4 Å². The fourth-order valence-corrected chi connectivity index (χ4v) is 9.32. The number of para-hydroxylation sites is 1. The fraction of sp³-hybridized carbons (Fsp3) is 0.514. The molecule has 5 fully saturated rings. The third-order valence-electron chi connectivity index (χ3n) is 10.7. The number of amides is 2. The average molecular weight is 669 g/mol. The van der Waals surface area contributed by atoms with Crippen LogP contribution >= 0.6 is 23.2 Å². The Morgan fingerprint density at radius 2 is 1.74 bits per heavy atom. The van der Waals surface area contributed by atoms with Gasteiger partial charge in [0.1, 0.15) is 29.5 Å². The lowest BCUT2D eigenvalue weighted by atomic mass is 9.55. The first kappa shape index (κ1) is 31.2. The zero-order chi connectivity index (χ0) is 32.2. The van der Waals surface area contributed by atoms with Crippen molar-refractivity contribution in [3.05, 3.63) is 64.3 Å². The molecule has 0 unspecified atom stereocenters. The van der Waals surface area contributed by atoms with E-state index in [1.807, 2.05) is 30.5 Å². The van der Waals surface area contributed by atoms with Crippen molar-refractivity contribution in [2.45, 2.75) is 82.1 Å². The summed E-state index contributed by atoms with van der Waals surface area (Å²) in [5.41, 5.74) is 0.268. The molecule has 0 spiro atoms. The number of aromatic nitrogens is 1. The number of rotatable bonds is 8. The van der Waals surface area contributed by atoms with Gasteiger partial charge in [-0.15, -0.1) is 0 Å². The summed E-state index contributed by atoms with van der Waals surface area (Å²) in [6.45, 7) is 1.80. The number of carboxylic acids is 1. The molecule has 1 aromatic heterocycles. The highest BCUT2D eigenvalue weighted by molar-refractivity contribution is 6.35. The van der Waals surface area contributed by atoms with Crippen LogP contribution in [-0.4, -0.2) is 63.3 Å². The number of hydrogen-bond donors (Lipinski definition) is 3. The maximum Gasteiger partial charge on any atom is 0.408 e. The van der Waals surface area contributed by atoms with Gasteiger partial charge >= 0.3 is 12.1 Å². The van der Waals surface area contributed by atoms with Crippen LogP contribution in [-0.2, 0) is 20.7 Å². The van der Waals surface area contributed by atoms with Gasteiger partial charge in [0, 0.05) is 47.9 Å². The molecule has 3 N–H and O–H groups in total. The standard InChI is InChI=1S/C35H39Cl2N3O6/c1-35(17-23-18-38-28-5-3-2-4-26(23)28,39-34(44)46-31-21-11-19-10-20(13-21)14-22(31)12-19)33(43)40-9-8-25(16-29(40)32(41)42)45-30-7-6-24(36)15-27(30)37/h2-7,15,18-22,25,29,31,38H,8-14,16-17H2,1H3,(H,39,44)(H,41,42)/t19?,20?,21?,22?,25-,29-,31?,35+/m0/s1. The van der Waals surface area contributed by atoms with Gasteiger partial charge in [-0.1, -0.05) is 41.4 Å². The second-order valence-electron chi connectivity index (χ2n) is 14.0. The Morgan fingerprint density at radius 3 is 2.43 bits per heavy atom. The predicted molar refractivity (Wildman–Crippen MR) is 174 cm³/mol. The number of carboxylic acid groups (broad SMARTS) is 1. The molecule has 0 radical (unpaired) electrons. The highest BCUT2D eigenvalue weighted by atomic mass is 35.5. The van der Waals surface area contributed by atoms with E-state index < -0.39 is 35.7 Å². The molecule has 8 rings (SSSR count). The Kier molecular flexibility index (Phi) is 8.34. The number of aromatic amines is 1. The minimum absolute atomic E-state index is 0.0570. The first-order valence-corrected chi connectivity index (χ1v) is 17.0. The number of carbonyl (C=O) groups is 3. The van der Waals surface area contributed by atoms with Crippen LogP contribution in [0, 0.1) is 23.7 Å². The Balaban J connectivity index is 1.12. The lowest BCUT2D eigenvalue weighted by molar-refractivity contribution is -0.157. The lowest BCUT2D eigenvalue weighted by Crippen LogP contribution is -2.64. The largest absolute Gasteiger partial charge is 0.489 e. The van der Waals surface area contributed by atoms with Gasteiger partial charge in [-0.3, -0.25) is 4.79 Å². The third kappa shape index (κ3) is 6.04. The first-order valence-electron chi connectivity index (χ1n) is 16.3. The molecule has 2 amide bonds. The van der Waals surface area contributed by atoms with Crippen molar-refractivity contribution in [1.82, 2.24) is 15.2 Å². The van der Waals surface area contributed by atoms with Crippen LogP contribution < -0.4 is 10.1 Å². The monoisotopic (exact) mass is 667 g/mol. The minimum Gasteiger partial charge on any atom is -0.489 e. The number of nitrogens with zero attached hydrogens (tertiary/aromatic N) is 1. The summed E-state index contributed by atoms with van der Waals surface area (Å²) >= 11 is 12.3. The Labute approximate surface area is 277 Å². The highest BCUT2D eigenvalue weighted by Gasteiger charge is 2.51. The Bertz CT molecular complexity index is 1630. The molecule has 9 nitrogen and oxygen atoms in total. The van der Waals surface area contributed by atoms with Crippen molar-refractivity contribution in [3.8, 4) is 5.75 Å². The van der Waals surface area contributed by atoms with Crippen molar-refractivity contribution in [3.63, 3.8) is 0 Å². The molecule has 5 aliphatic rings. The van der Waals surface area contributed by atoms with E-state index in [9.17, 15) is 19.5 Å². The molecule has 4 bridgehead atoms. The van der Waals surface area contributed by atoms with E-state index in [0.717, 1.165) is 54.0 Å². The molecular formula is C35H39Cl2N3O6. The summed E-state index contributed by atoms with van der Waals surface area (Å²) < 4.78 is 12.2. The quantitative estimate of drug-likeness (QED) is 0.242. The van der Waals surface area contributed by atoms with Gasteiger partial charge in [0.2, 0.25) is 5.91 Å². The molecule has 2 aromatic carbocycles. The van der Waals surface area contributed by atoms with Crippen LogP contribution in [0.25, 0.3) is 10.9 Å². The lowest BCUT2D eigenvalue weighted by Gasteiger charge is -2.53. The van der Waals surface area contributed by atoms with E-state index in [1.165, 1.54) is 11.3 Å². The van der Waals surface area contributed by atoms with Gasteiger partial charge < -0.3 is 29.8 Å². The second-order valence-corrected chi connectivity index (χ2v) is 14.8. The number of piperidine rings is 1. The van der Waals surface area contributed by atoms with Crippen molar-refractivity contribution < 1.29 is 29.0 Å². The number of halogens is 2. The number of nitrogens with one attached hydrogen (secondary N) is 2. The number of fused-ring (bicyclic) bond motifs is 1. The summed E-state index contributed by atoms with van der Waals surface area (Å²) in [5.74, 6) is 0.969. The summed E-state index contributed by atoms with van der Waals surface area (Å²) in [5, 5.41) is 15.0. The summed E-state index contributed by atoms with van der Waals surface area (Å²) in [7, 11) is 0. The topological polar surface area (TPSA) is 121 Å². The highest BCUT2D eigenvalue weighted by Crippen LogP contribution is 2.54. The SMILES string of the molecule is C[C@](Cc1c[nH]c2ccccc12)(NC(=O)OC1C2CC3CC(C2)CC1C3)C(=O)N1CC[C@H](Oc2ccc(Cl)cc2Cl)C[C@H]1C(=O)O. The van der Waals surface area contributed by atoms with Gasteiger partial charge in [-0.2, -0.15) is 0 Å². The molecule has 4 saturated carbocycles. The Hall–Kier alpha value is -3.43. The van der Waals surface area contributed by atoms with Crippen molar-refractivity contribution in [2.24, 2.45) is 23.7 Å². The van der Waals surface area contributed by atoms with Crippen molar-refractivity contribution in [2.75, 3.05) is 6.54 Å². The molecule has 1 aliphatic heterocycles. The van der Waals surface area contributed by atoms with Crippen LogP contribution in [0.15, 0.2) is 48.7 Å². The number of H-pyrrole nitrogens is 1. The number of aliphatic carboxylic acids is 1. The summed E-state index contributed by atoms with van der Waals surface area (Å²) in [6.07, 6.45) is 6.82.